The van der Waals surface area contributed by atoms with Gasteiger partial charge in [0.2, 0.25) is 0 Å². The van der Waals surface area contributed by atoms with Crippen molar-refractivity contribution in [1.82, 2.24) is 9.78 Å². The molecular weight excluding hydrogens is 252 g/mol. The van der Waals surface area contributed by atoms with Crippen LogP contribution in [-0.2, 0) is 16.0 Å². The Kier molecular flexibility index (Phi) is 4.56. The summed E-state index contributed by atoms with van der Waals surface area (Å²) in [5.74, 6) is -0.142. The van der Waals surface area contributed by atoms with Gasteiger partial charge in [-0.2, -0.15) is 5.10 Å². The fourth-order valence-electron chi connectivity index (χ4n) is 2.16. The highest BCUT2D eigenvalue weighted by Crippen LogP contribution is 2.16. The average molecular weight is 272 g/mol. The molecule has 1 aromatic heterocycles. The number of nitrogens with zero attached hydrogens (tertiary/aromatic N) is 2. The minimum Gasteiger partial charge on any atom is -0.466 e. The van der Waals surface area contributed by atoms with Crippen molar-refractivity contribution >= 4 is 5.97 Å². The molecule has 0 fully saturated rings. The molecule has 0 aliphatic heterocycles. The van der Waals surface area contributed by atoms with Crippen molar-refractivity contribution in [2.45, 2.75) is 33.6 Å². The highest BCUT2D eigenvalue weighted by atomic mass is 16.5. The van der Waals surface area contributed by atoms with Crippen LogP contribution in [-0.4, -0.2) is 22.4 Å². The van der Waals surface area contributed by atoms with Gasteiger partial charge in [-0.3, -0.25) is 4.79 Å². The maximum absolute atomic E-state index is 11.4. The van der Waals surface area contributed by atoms with Crippen LogP contribution in [0.1, 0.15) is 30.2 Å². The maximum Gasteiger partial charge on any atom is 0.306 e. The number of ether oxygens (including phenoxy) is 1. The summed E-state index contributed by atoms with van der Waals surface area (Å²) in [6.45, 7) is 6.29. The maximum atomic E-state index is 11.4. The zero-order chi connectivity index (χ0) is 14.5. The van der Waals surface area contributed by atoms with Gasteiger partial charge in [0.15, 0.2) is 0 Å². The first kappa shape index (κ1) is 14.3. The molecule has 0 aliphatic rings. The molecule has 0 unspecified atom stereocenters. The topological polar surface area (TPSA) is 44.1 Å². The van der Waals surface area contributed by atoms with Crippen molar-refractivity contribution in [2.75, 3.05) is 6.61 Å². The predicted octanol–water partition coefficient (Wildman–Crippen LogP) is 2.98. The third kappa shape index (κ3) is 3.47. The van der Waals surface area contributed by atoms with Crippen LogP contribution in [0.5, 0.6) is 0 Å². The summed E-state index contributed by atoms with van der Waals surface area (Å²) in [5, 5.41) is 4.41. The zero-order valence-corrected chi connectivity index (χ0v) is 12.2. The molecule has 1 heterocycles. The second kappa shape index (κ2) is 6.37. The van der Waals surface area contributed by atoms with Crippen LogP contribution in [0, 0.1) is 13.8 Å². The number of rotatable bonds is 5. The Morgan fingerprint density at radius 3 is 2.70 bits per heavy atom. The number of aryl methyl sites for hydroxylation is 3. The van der Waals surface area contributed by atoms with Gasteiger partial charge in [0.05, 0.1) is 18.0 Å². The largest absolute Gasteiger partial charge is 0.466 e. The van der Waals surface area contributed by atoms with Crippen molar-refractivity contribution in [3.05, 3.63) is 47.3 Å². The van der Waals surface area contributed by atoms with E-state index in [4.69, 9.17) is 4.74 Å². The molecule has 0 saturated heterocycles. The lowest BCUT2D eigenvalue weighted by molar-refractivity contribution is -0.143. The molecule has 0 radical (unpaired) electrons. The van der Waals surface area contributed by atoms with Gasteiger partial charge in [0.1, 0.15) is 0 Å². The van der Waals surface area contributed by atoms with Gasteiger partial charge < -0.3 is 4.74 Å². The predicted molar refractivity (Wildman–Crippen MR) is 78.0 cm³/mol. The summed E-state index contributed by atoms with van der Waals surface area (Å²) in [5.41, 5.74) is 4.35. The number of hydrogen-bond acceptors (Lipinski definition) is 3. The van der Waals surface area contributed by atoms with Crippen LogP contribution >= 0.6 is 0 Å². The number of benzene rings is 1. The molecule has 4 nitrogen and oxygen atoms in total. The van der Waals surface area contributed by atoms with Crippen molar-refractivity contribution in [2.24, 2.45) is 0 Å². The van der Waals surface area contributed by atoms with Crippen LogP contribution in [0.2, 0.25) is 0 Å². The first-order valence-corrected chi connectivity index (χ1v) is 6.88. The molecule has 106 valence electrons. The molecule has 20 heavy (non-hydrogen) atoms. The standard InChI is InChI=1S/C16H20N2O2/c1-4-20-16(19)8-6-14-5-7-15(12(2)11-14)18-10-9-13(3)17-18/h5,7,9-11H,4,6,8H2,1-3H3. The lowest BCUT2D eigenvalue weighted by atomic mass is 10.1. The number of hydrogen-bond donors (Lipinski definition) is 0. The lowest BCUT2D eigenvalue weighted by Gasteiger charge is -2.08. The van der Waals surface area contributed by atoms with Gasteiger partial charge in [0, 0.05) is 12.6 Å². The average Bonchev–Trinajstić information content (AvgIpc) is 2.83. The van der Waals surface area contributed by atoms with Gasteiger partial charge in [-0.05, 0) is 50.5 Å². The Balaban J connectivity index is 2.08. The molecule has 0 amide bonds. The summed E-state index contributed by atoms with van der Waals surface area (Å²) in [4.78, 5) is 11.4. The van der Waals surface area contributed by atoms with Crippen molar-refractivity contribution in [3.8, 4) is 5.69 Å². The van der Waals surface area contributed by atoms with E-state index in [1.54, 1.807) is 0 Å². The fourth-order valence-corrected chi connectivity index (χ4v) is 2.16. The molecular formula is C16H20N2O2. The molecule has 0 bridgehead atoms. The second-order valence-corrected chi connectivity index (χ2v) is 4.83. The monoisotopic (exact) mass is 272 g/mol. The van der Waals surface area contributed by atoms with Crippen molar-refractivity contribution < 1.29 is 9.53 Å². The first-order chi connectivity index (χ1) is 9.60. The highest BCUT2D eigenvalue weighted by Gasteiger charge is 2.06. The van der Waals surface area contributed by atoms with E-state index >= 15 is 0 Å². The van der Waals surface area contributed by atoms with Gasteiger partial charge in [-0.25, -0.2) is 4.68 Å². The fraction of sp³-hybridized carbons (Fsp3) is 0.375. The molecule has 0 saturated carbocycles. The van der Waals surface area contributed by atoms with Gasteiger partial charge >= 0.3 is 5.97 Å². The molecule has 4 heteroatoms. The van der Waals surface area contributed by atoms with Gasteiger partial charge in [-0.15, -0.1) is 0 Å². The molecule has 2 rings (SSSR count). The Bertz CT molecular complexity index is 602. The number of carbonyl (C=O) groups excluding carboxylic acids is 1. The van der Waals surface area contributed by atoms with Crippen molar-refractivity contribution in [1.29, 1.82) is 0 Å². The highest BCUT2D eigenvalue weighted by molar-refractivity contribution is 5.69. The number of esters is 1. The third-order valence-corrected chi connectivity index (χ3v) is 3.15. The Hall–Kier alpha value is -2.10. The van der Waals surface area contributed by atoms with Gasteiger partial charge in [-0.1, -0.05) is 12.1 Å². The molecule has 2 aromatic rings. The van der Waals surface area contributed by atoms with E-state index in [1.165, 1.54) is 0 Å². The quantitative estimate of drug-likeness (QED) is 0.786. The summed E-state index contributed by atoms with van der Waals surface area (Å²) in [6, 6.07) is 8.17. The van der Waals surface area contributed by atoms with E-state index in [9.17, 15) is 4.79 Å². The van der Waals surface area contributed by atoms with Crippen LogP contribution in [0.15, 0.2) is 30.5 Å². The minimum atomic E-state index is -0.142. The van der Waals surface area contributed by atoms with E-state index in [0.29, 0.717) is 19.4 Å². The number of aromatic nitrogens is 2. The molecule has 1 aromatic carbocycles. The summed E-state index contributed by atoms with van der Waals surface area (Å²) < 4.78 is 6.81. The third-order valence-electron chi connectivity index (χ3n) is 3.15. The van der Waals surface area contributed by atoms with E-state index in [1.807, 2.05) is 42.9 Å². The van der Waals surface area contributed by atoms with E-state index in [-0.39, 0.29) is 5.97 Å². The van der Waals surface area contributed by atoms with Crippen LogP contribution in [0.3, 0.4) is 0 Å². The Morgan fingerprint density at radius 2 is 2.10 bits per heavy atom. The Morgan fingerprint density at radius 1 is 1.30 bits per heavy atom. The SMILES string of the molecule is CCOC(=O)CCc1ccc(-n2ccc(C)n2)c(C)c1. The molecule has 0 aliphatic carbocycles. The van der Waals surface area contributed by atoms with Crippen LogP contribution in [0.25, 0.3) is 5.69 Å². The van der Waals surface area contributed by atoms with E-state index in [2.05, 4.69) is 18.1 Å². The van der Waals surface area contributed by atoms with Crippen LogP contribution in [0.4, 0.5) is 0 Å². The summed E-state index contributed by atoms with van der Waals surface area (Å²) in [7, 11) is 0. The van der Waals surface area contributed by atoms with E-state index < -0.39 is 0 Å². The number of carbonyl (C=O) groups is 1. The summed E-state index contributed by atoms with van der Waals surface area (Å²) in [6.07, 6.45) is 3.08. The van der Waals surface area contributed by atoms with Gasteiger partial charge in [0.25, 0.3) is 0 Å². The zero-order valence-electron chi connectivity index (χ0n) is 12.2. The second-order valence-electron chi connectivity index (χ2n) is 4.83. The molecule has 0 atom stereocenters. The van der Waals surface area contributed by atoms with Crippen LogP contribution < -0.4 is 0 Å². The normalized spacial score (nSPS) is 10.6. The van der Waals surface area contributed by atoms with Crippen molar-refractivity contribution in [3.63, 3.8) is 0 Å². The first-order valence-electron chi connectivity index (χ1n) is 6.88. The van der Waals surface area contributed by atoms with E-state index in [0.717, 1.165) is 22.5 Å². The lowest BCUT2D eigenvalue weighted by Crippen LogP contribution is -2.05. The summed E-state index contributed by atoms with van der Waals surface area (Å²) >= 11 is 0. The molecule has 0 spiro atoms. The Labute approximate surface area is 119 Å². The molecule has 0 N–H and O–H groups in total. The smallest absolute Gasteiger partial charge is 0.306 e. The minimum absolute atomic E-state index is 0.142.